The van der Waals surface area contributed by atoms with Crippen molar-refractivity contribution in [3.8, 4) is 0 Å². The molecule has 0 spiro atoms. The van der Waals surface area contributed by atoms with Crippen LogP contribution in [0.4, 0.5) is 10.1 Å². The molecule has 1 N–H and O–H groups in total. The summed E-state index contributed by atoms with van der Waals surface area (Å²) in [5, 5.41) is 3.36. The topological polar surface area (TPSA) is 86.8 Å². The molecule has 0 heterocycles. The van der Waals surface area contributed by atoms with Crippen LogP contribution >= 0.6 is 11.6 Å². The first-order chi connectivity index (χ1) is 18.4. The van der Waals surface area contributed by atoms with Gasteiger partial charge < -0.3 is 10.2 Å². The SMILES string of the molecule is Cc1ccc(S(=O)(=O)N(CC(=O)N(Cc2ccc(Cl)cc2)[C@@H](C)C(=O)NCC(C)C)c2ccc(F)cc2)cc1. The molecule has 0 aliphatic rings. The summed E-state index contributed by atoms with van der Waals surface area (Å²) in [6.45, 7) is 7.22. The maximum atomic E-state index is 13.8. The molecule has 208 valence electrons. The van der Waals surface area contributed by atoms with Crippen LogP contribution in [0.1, 0.15) is 31.9 Å². The van der Waals surface area contributed by atoms with Crippen molar-refractivity contribution in [2.45, 2.75) is 45.2 Å². The Morgan fingerprint density at radius 1 is 0.923 bits per heavy atom. The zero-order valence-corrected chi connectivity index (χ0v) is 24.0. The summed E-state index contributed by atoms with van der Waals surface area (Å²) in [6.07, 6.45) is 0. The van der Waals surface area contributed by atoms with Crippen molar-refractivity contribution in [2.75, 3.05) is 17.4 Å². The van der Waals surface area contributed by atoms with Gasteiger partial charge in [-0.1, -0.05) is 55.3 Å². The van der Waals surface area contributed by atoms with Gasteiger partial charge in [0.2, 0.25) is 11.8 Å². The smallest absolute Gasteiger partial charge is 0.264 e. The number of anilines is 1. The Morgan fingerprint density at radius 3 is 2.08 bits per heavy atom. The Balaban J connectivity index is 2.00. The van der Waals surface area contributed by atoms with Gasteiger partial charge >= 0.3 is 0 Å². The average molecular weight is 574 g/mol. The third kappa shape index (κ3) is 8.03. The largest absolute Gasteiger partial charge is 0.354 e. The second kappa shape index (κ2) is 13.1. The van der Waals surface area contributed by atoms with Crippen molar-refractivity contribution in [1.29, 1.82) is 0 Å². The van der Waals surface area contributed by atoms with Crippen LogP contribution < -0.4 is 9.62 Å². The second-order valence-corrected chi connectivity index (χ2v) is 12.1. The van der Waals surface area contributed by atoms with Gasteiger partial charge in [0.15, 0.2) is 0 Å². The van der Waals surface area contributed by atoms with E-state index < -0.39 is 34.3 Å². The Bertz CT molecular complexity index is 1380. The zero-order chi connectivity index (χ0) is 28.7. The number of hydrogen-bond donors (Lipinski definition) is 1. The summed E-state index contributed by atoms with van der Waals surface area (Å²) in [4.78, 5) is 28.1. The molecule has 2 amide bonds. The summed E-state index contributed by atoms with van der Waals surface area (Å²) in [7, 11) is -4.21. The lowest BCUT2D eigenvalue weighted by molar-refractivity contribution is -0.139. The Kier molecular flexibility index (Phi) is 10.1. The molecular weight excluding hydrogens is 541 g/mol. The van der Waals surface area contributed by atoms with Gasteiger partial charge in [-0.25, -0.2) is 12.8 Å². The number of carbonyl (C=O) groups excluding carboxylic acids is 2. The number of nitrogens with one attached hydrogen (secondary N) is 1. The first-order valence-corrected chi connectivity index (χ1v) is 14.4. The van der Waals surface area contributed by atoms with Crippen LogP contribution in [0.5, 0.6) is 0 Å². The van der Waals surface area contributed by atoms with Crippen LogP contribution in [0.25, 0.3) is 0 Å². The van der Waals surface area contributed by atoms with Crippen molar-refractivity contribution >= 4 is 39.1 Å². The minimum absolute atomic E-state index is 0.0165. The normalized spacial score (nSPS) is 12.2. The molecule has 39 heavy (non-hydrogen) atoms. The van der Waals surface area contributed by atoms with Crippen LogP contribution in [0.2, 0.25) is 5.02 Å². The lowest BCUT2D eigenvalue weighted by Crippen LogP contribution is -2.51. The lowest BCUT2D eigenvalue weighted by Gasteiger charge is -2.32. The predicted molar refractivity (Wildman–Crippen MR) is 151 cm³/mol. The summed E-state index contributed by atoms with van der Waals surface area (Å²) in [5.41, 5.74) is 1.70. The van der Waals surface area contributed by atoms with Crippen LogP contribution in [0, 0.1) is 18.7 Å². The molecule has 0 aliphatic heterocycles. The number of rotatable bonds is 11. The van der Waals surface area contributed by atoms with Crippen molar-refractivity contribution in [3.63, 3.8) is 0 Å². The van der Waals surface area contributed by atoms with Crippen LogP contribution in [-0.4, -0.2) is 44.3 Å². The monoisotopic (exact) mass is 573 g/mol. The second-order valence-electron chi connectivity index (χ2n) is 9.76. The third-order valence-corrected chi connectivity index (χ3v) is 8.16. The minimum atomic E-state index is -4.21. The van der Waals surface area contributed by atoms with Gasteiger partial charge in [0.05, 0.1) is 10.6 Å². The molecule has 0 saturated carbocycles. The maximum absolute atomic E-state index is 13.8. The van der Waals surface area contributed by atoms with E-state index in [9.17, 15) is 22.4 Å². The van der Waals surface area contributed by atoms with E-state index in [4.69, 9.17) is 11.6 Å². The Labute approximate surface area is 234 Å². The molecule has 7 nitrogen and oxygen atoms in total. The van der Waals surface area contributed by atoms with Crippen molar-refractivity contribution in [3.05, 3.63) is 94.8 Å². The van der Waals surface area contributed by atoms with Crippen molar-refractivity contribution in [2.24, 2.45) is 5.92 Å². The third-order valence-electron chi connectivity index (χ3n) is 6.12. The van der Waals surface area contributed by atoms with Crippen LogP contribution in [0.3, 0.4) is 0 Å². The minimum Gasteiger partial charge on any atom is -0.354 e. The van der Waals surface area contributed by atoms with Crippen LogP contribution in [-0.2, 0) is 26.2 Å². The Morgan fingerprint density at radius 2 is 1.51 bits per heavy atom. The molecule has 0 unspecified atom stereocenters. The van der Waals surface area contributed by atoms with Gasteiger partial charge in [-0.15, -0.1) is 0 Å². The van der Waals surface area contributed by atoms with Gasteiger partial charge in [0.1, 0.15) is 18.4 Å². The summed E-state index contributed by atoms with van der Waals surface area (Å²) in [5.74, 6) is -1.30. The predicted octanol–water partition coefficient (Wildman–Crippen LogP) is 5.17. The summed E-state index contributed by atoms with van der Waals surface area (Å²) < 4.78 is 42.1. The molecule has 0 bridgehead atoms. The first kappa shape index (κ1) is 30.1. The fourth-order valence-electron chi connectivity index (χ4n) is 3.80. The van der Waals surface area contributed by atoms with Gasteiger partial charge in [-0.2, -0.15) is 0 Å². The average Bonchev–Trinajstić information content (AvgIpc) is 2.90. The molecular formula is C29H33ClFN3O4S. The number of aryl methyl sites for hydroxylation is 1. The highest BCUT2D eigenvalue weighted by molar-refractivity contribution is 7.92. The molecule has 0 aromatic heterocycles. The van der Waals surface area contributed by atoms with Crippen molar-refractivity contribution < 1.29 is 22.4 Å². The fourth-order valence-corrected chi connectivity index (χ4v) is 5.34. The quantitative estimate of drug-likeness (QED) is 0.343. The fraction of sp³-hybridized carbons (Fsp3) is 0.310. The maximum Gasteiger partial charge on any atom is 0.264 e. The highest BCUT2D eigenvalue weighted by Gasteiger charge is 2.32. The number of carbonyl (C=O) groups is 2. The molecule has 3 rings (SSSR count). The van der Waals surface area contributed by atoms with Crippen LogP contribution in [0.15, 0.2) is 77.7 Å². The van der Waals surface area contributed by atoms with E-state index in [1.54, 1.807) is 43.3 Å². The highest BCUT2D eigenvalue weighted by atomic mass is 35.5. The van der Waals surface area contributed by atoms with Gasteiger partial charge in [0, 0.05) is 18.1 Å². The van der Waals surface area contributed by atoms with E-state index in [-0.39, 0.29) is 29.0 Å². The number of nitrogens with zero attached hydrogens (tertiary/aromatic N) is 2. The molecule has 0 aliphatic carbocycles. The summed E-state index contributed by atoms with van der Waals surface area (Å²) >= 11 is 6.02. The standard InChI is InChI=1S/C29H33ClFN3O4S/c1-20(2)17-32-29(36)22(4)33(18-23-7-9-24(30)10-8-23)28(35)19-34(26-13-11-25(31)12-14-26)39(37,38)27-15-5-21(3)6-16-27/h5-16,20,22H,17-19H2,1-4H3,(H,32,36)/t22-/m0/s1. The number of halogens is 2. The molecule has 3 aromatic rings. The zero-order valence-electron chi connectivity index (χ0n) is 22.4. The lowest BCUT2D eigenvalue weighted by atomic mass is 10.1. The molecule has 3 aromatic carbocycles. The number of sulfonamides is 1. The van der Waals surface area contributed by atoms with Gasteiger partial charge in [-0.3, -0.25) is 13.9 Å². The van der Waals surface area contributed by atoms with Gasteiger partial charge in [0.25, 0.3) is 10.0 Å². The van der Waals surface area contributed by atoms with E-state index in [0.717, 1.165) is 22.0 Å². The number of amides is 2. The number of benzene rings is 3. The Hall–Kier alpha value is -3.43. The van der Waals surface area contributed by atoms with E-state index in [2.05, 4.69) is 5.32 Å². The van der Waals surface area contributed by atoms with Gasteiger partial charge in [-0.05, 0) is 73.9 Å². The molecule has 10 heteroatoms. The van der Waals surface area contributed by atoms with Crippen molar-refractivity contribution in [1.82, 2.24) is 10.2 Å². The number of hydrogen-bond acceptors (Lipinski definition) is 4. The summed E-state index contributed by atoms with van der Waals surface area (Å²) in [6, 6.07) is 17.0. The highest BCUT2D eigenvalue weighted by Crippen LogP contribution is 2.25. The van der Waals surface area contributed by atoms with E-state index in [0.29, 0.717) is 17.1 Å². The van der Waals surface area contributed by atoms with E-state index in [1.165, 1.54) is 29.2 Å². The molecule has 1 atom stereocenters. The van der Waals surface area contributed by atoms with E-state index in [1.807, 2.05) is 20.8 Å². The first-order valence-electron chi connectivity index (χ1n) is 12.5. The molecule has 0 fully saturated rings. The molecule has 0 radical (unpaired) electrons. The van der Waals surface area contributed by atoms with E-state index >= 15 is 0 Å². The molecule has 0 saturated heterocycles.